The molecule has 0 aliphatic carbocycles. The van der Waals surface area contributed by atoms with E-state index in [1.165, 1.54) is 144 Å². The lowest BCUT2D eigenvalue weighted by atomic mass is 9.97. The fraction of sp³-hybridized carbons (Fsp3) is 0.941. The van der Waals surface area contributed by atoms with E-state index in [2.05, 4.69) is 35.1 Å². The van der Waals surface area contributed by atoms with Gasteiger partial charge in [0, 0.05) is 43.5 Å². The van der Waals surface area contributed by atoms with Crippen molar-refractivity contribution in [2.45, 2.75) is 148 Å². The Morgan fingerprint density at radius 1 is 0.550 bits per heavy atom. The lowest BCUT2D eigenvalue weighted by Crippen LogP contribution is -2.36. The van der Waals surface area contributed by atoms with E-state index >= 15 is 0 Å². The number of unbranched alkanes of at least 4 members (excludes halogenated alkanes) is 15. The van der Waals surface area contributed by atoms with Crippen molar-refractivity contribution in [1.29, 1.82) is 0 Å². The number of carboxylic acid groups (broad SMARTS) is 2. The third-order valence-corrected chi connectivity index (χ3v) is 8.71. The van der Waals surface area contributed by atoms with Gasteiger partial charge in [0.05, 0.1) is 54.4 Å². The zero-order valence-electron chi connectivity index (χ0n) is 27.5. The summed E-state index contributed by atoms with van der Waals surface area (Å²) in [5.41, 5.74) is 0. The summed E-state index contributed by atoms with van der Waals surface area (Å²) in [6, 6.07) is 0. The quantitative estimate of drug-likeness (QED) is 0.136. The third kappa shape index (κ3) is 25.8. The van der Waals surface area contributed by atoms with Gasteiger partial charge in [-0.05, 0) is 12.8 Å². The van der Waals surface area contributed by atoms with Gasteiger partial charge in [0.25, 0.3) is 0 Å². The molecule has 0 saturated carbocycles. The van der Waals surface area contributed by atoms with Crippen LogP contribution in [0.1, 0.15) is 148 Å². The smallest absolute Gasteiger partial charge is 0.0784 e. The average Bonchev–Trinajstić information content (AvgIpc) is 3.49. The maximum absolute atomic E-state index is 10.8. The van der Waals surface area contributed by atoms with Gasteiger partial charge in [-0.1, -0.05) is 110 Å². The second-order valence-corrected chi connectivity index (χ2v) is 13.9. The first kappa shape index (κ1) is 38.9. The van der Waals surface area contributed by atoms with E-state index < -0.39 is 24.3 Å². The van der Waals surface area contributed by atoms with Gasteiger partial charge in [0.15, 0.2) is 0 Å². The minimum absolute atomic E-state index is 0.384. The molecule has 6 nitrogen and oxygen atoms in total. The van der Waals surface area contributed by atoms with Crippen LogP contribution in [0.4, 0.5) is 0 Å². The van der Waals surface area contributed by atoms with Gasteiger partial charge in [0.1, 0.15) is 0 Å². The van der Waals surface area contributed by atoms with Gasteiger partial charge in [-0.3, -0.25) is 0 Å². The zero-order valence-corrected chi connectivity index (χ0v) is 27.5. The van der Waals surface area contributed by atoms with E-state index in [4.69, 9.17) is 0 Å². The van der Waals surface area contributed by atoms with E-state index in [9.17, 15) is 19.8 Å². The Morgan fingerprint density at radius 2 is 0.850 bits per heavy atom. The van der Waals surface area contributed by atoms with E-state index in [1.807, 2.05) is 0 Å². The highest BCUT2D eigenvalue weighted by molar-refractivity contribution is 5.75. The number of aliphatic carboxylic acids is 2. The Balaban J connectivity index is 0.000000862. The van der Waals surface area contributed by atoms with Gasteiger partial charge in [-0.2, -0.15) is 0 Å². The molecule has 0 N–H and O–H groups in total. The van der Waals surface area contributed by atoms with E-state index in [-0.39, 0.29) is 0 Å². The molecule has 2 heterocycles. The molecule has 0 aromatic heterocycles. The summed E-state index contributed by atoms with van der Waals surface area (Å²) >= 11 is 0. The molecule has 40 heavy (non-hydrogen) atoms. The highest BCUT2D eigenvalue weighted by atomic mass is 16.4. The fourth-order valence-electron chi connectivity index (χ4n) is 5.83. The Morgan fingerprint density at radius 3 is 1.07 bits per heavy atom. The van der Waals surface area contributed by atoms with Crippen molar-refractivity contribution < 1.29 is 28.8 Å². The minimum Gasteiger partial charge on any atom is -0.550 e. The summed E-state index contributed by atoms with van der Waals surface area (Å²) in [6.45, 7) is 7.81. The summed E-state index contributed by atoms with van der Waals surface area (Å²) < 4.78 is 2.50. The summed E-state index contributed by atoms with van der Waals surface area (Å²) in [5, 5.41) is 21.3. The first-order valence-electron chi connectivity index (χ1n) is 17.0. The number of likely N-dealkylation sites (tertiary alicyclic amines) is 2. The number of hydrogen-bond acceptors (Lipinski definition) is 4. The normalized spacial score (nSPS) is 17.8. The fourth-order valence-corrected chi connectivity index (χ4v) is 5.83. The largest absolute Gasteiger partial charge is 0.550 e. The van der Waals surface area contributed by atoms with Crippen molar-refractivity contribution in [3.05, 3.63) is 0 Å². The molecule has 0 amide bonds. The number of quaternary nitrogens is 2. The molecular formula is C34H68N2O4. The topological polar surface area (TPSA) is 80.3 Å². The van der Waals surface area contributed by atoms with Crippen molar-refractivity contribution in [2.24, 2.45) is 5.92 Å². The lowest BCUT2D eigenvalue weighted by Gasteiger charge is -2.21. The Kier molecular flexibility index (Phi) is 23.8. The molecule has 0 aromatic carbocycles. The monoisotopic (exact) mass is 569 g/mol. The van der Waals surface area contributed by atoms with Crippen LogP contribution in [0, 0.1) is 5.92 Å². The Labute approximate surface area is 249 Å². The maximum atomic E-state index is 10.8. The zero-order chi connectivity index (χ0) is 30.1. The van der Waals surface area contributed by atoms with Crippen LogP contribution in [-0.4, -0.2) is 75.3 Å². The van der Waals surface area contributed by atoms with Gasteiger partial charge < -0.3 is 28.8 Å². The van der Waals surface area contributed by atoms with E-state index in [1.54, 1.807) is 0 Å². The highest BCUT2D eigenvalue weighted by Gasteiger charge is 2.20. The first-order valence-corrected chi connectivity index (χ1v) is 17.0. The molecule has 1 atom stereocenters. The Hall–Kier alpha value is -1.14. The van der Waals surface area contributed by atoms with Crippen molar-refractivity contribution >= 4 is 11.9 Å². The summed E-state index contributed by atoms with van der Waals surface area (Å²) in [7, 11) is 9.19. The molecule has 2 rings (SSSR count). The Bertz CT molecular complexity index is 585. The number of rotatable bonds is 20. The van der Waals surface area contributed by atoms with Crippen molar-refractivity contribution in [3.63, 3.8) is 0 Å². The molecule has 2 saturated heterocycles. The molecule has 1 unspecified atom stereocenters. The standard InChI is InChI=1S/C22H42O4.2C6H14N/c1-2-3-4-5-6-7-8-9-10-11-12-13-14-15-16-17-18-20(22(25)26)19-21(23)24;2*1-7(2)5-3-4-6-7/h20H,2-19H2,1H3,(H,23,24)(H,25,26);2*3-6H2,1-2H3/q;2*+1/p-2. The molecule has 2 aliphatic heterocycles. The highest BCUT2D eigenvalue weighted by Crippen LogP contribution is 2.17. The molecule has 0 bridgehead atoms. The number of hydrogen-bond donors (Lipinski definition) is 0. The second-order valence-electron chi connectivity index (χ2n) is 13.9. The molecule has 6 heteroatoms. The summed E-state index contributed by atoms with van der Waals surface area (Å²) in [6.07, 6.45) is 26.0. The van der Waals surface area contributed by atoms with Crippen LogP contribution in [0.5, 0.6) is 0 Å². The second kappa shape index (κ2) is 24.5. The predicted molar refractivity (Wildman–Crippen MR) is 164 cm³/mol. The van der Waals surface area contributed by atoms with Gasteiger partial charge in [0.2, 0.25) is 0 Å². The molecule has 2 aliphatic rings. The van der Waals surface area contributed by atoms with Crippen LogP contribution in [0.25, 0.3) is 0 Å². The molecule has 0 radical (unpaired) electrons. The minimum atomic E-state index is -1.31. The van der Waals surface area contributed by atoms with Gasteiger partial charge in [-0.15, -0.1) is 0 Å². The molecule has 2 fully saturated rings. The van der Waals surface area contributed by atoms with Crippen molar-refractivity contribution in [2.75, 3.05) is 54.4 Å². The number of carboxylic acids is 2. The molecule has 238 valence electrons. The van der Waals surface area contributed by atoms with Crippen LogP contribution in [0.2, 0.25) is 0 Å². The number of carbonyl (C=O) groups excluding carboxylic acids is 2. The third-order valence-electron chi connectivity index (χ3n) is 8.71. The van der Waals surface area contributed by atoms with Crippen LogP contribution in [0.15, 0.2) is 0 Å². The number of carbonyl (C=O) groups is 2. The van der Waals surface area contributed by atoms with Crippen molar-refractivity contribution in [3.8, 4) is 0 Å². The van der Waals surface area contributed by atoms with E-state index in [0.29, 0.717) is 6.42 Å². The summed E-state index contributed by atoms with van der Waals surface area (Å²) in [5.74, 6) is -3.47. The average molecular weight is 569 g/mol. The SMILES string of the molecule is CCCCCCCCCCCCCCCCCCC(CC(=O)[O-])C(=O)[O-].C[N+]1(C)CCCC1.C[N+]1(C)CCCC1. The van der Waals surface area contributed by atoms with E-state index in [0.717, 1.165) is 19.3 Å². The predicted octanol–water partition coefficient (Wildman–Crippen LogP) is 5.86. The molecule has 0 aromatic rings. The van der Waals surface area contributed by atoms with Gasteiger partial charge >= 0.3 is 0 Å². The van der Waals surface area contributed by atoms with Crippen LogP contribution < -0.4 is 10.2 Å². The van der Waals surface area contributed by atoms with Crippen LogP contribution in [-0.2, 0) is 9.59 Å². The number of nitrogens with zero attached hydrogens (tertiary/aromatic N) is 2. The maximum Gasteiger partial charge on any atom is 0.0784 e. The van der Waals surface area contributed by atoms with Crippen molar-refractivity contribution in [1.82, 2.24) is 0 Å². The molecular weight excluding hydrogens is 500 g/mol. The summed E-state index contributed by atoms with van der Waals surface area (Å²) in [4.78, 5) is 21.3. The van der Waals surface area contributed by atoms with Gasteiger partial charge in [-0.25, -0.2) is 0 Å². The lowest BCUT2D eigenvalue weighted by molar-refractivity contribution is -0.877. The molecule has 0 spiro atoms. The first-order chi connectivity index (χ1) is 19.0. The van der Waals surface area contributed by atoms with Crippen LogP contribution in [0.3, 0.4) is 0 Å². The van der Waals surface area contributed by atoms with Crippen LogP contribution >= 0.6 is 0 Å².